The molecular formula is C19H26N4O2. The highest BCUT2D eigenvalue weighted by Crippen LogP contribution is 2.14. The van der Waals surface area contributed by atoms with Crippen molar-refractivity contribution in [2.45, 2.75) is 19.8 Å². The molecule has 6 heteroatoms. The molecule has 3 N–H and O–H groups in total. The van der Waals surface area contributed by atoms with E-state index in [1.54, 1.807) is 12.1 Å². The average Bonchev–Trinajstić information content (AvgIpc) is 3.18. The number of benzene rings is 1. The first kappa shape index (κ1) is 18.6. The first-order chi connectivity index (χ1) is 12.2. The lowest BCUT2D eigenvalue weighted by Crippen LogP contribution is -2.41. The van der Waals surface area contributed by atoms with Crippen molar-refractivity contribution in [1.29, 1.82) is 0 Å². The van der Waals surface area contributed by atoms with Gasteiger partial charge in [0, 0.05) is 32.1 Å². The average molecular weight is 342 g/mol. The second-order valence-corrected chi connectivity index (χ2v) is 5.69. The summed E-state index contributed by atoms with van der Waals surface area (Å²) in [7, 11) is 0. The van der Waals surface area contributed by atoms with Crippen molar-refractivity contribution in [2.24, 2.45) is 4.99 Å². The minimum Gasteiger partial charge on any atom is -0.459 e. The largest absolute Gasteiger partial charge is 0.459 e. The summed E-state index contributed by atoms with van der Waals surface area (Å²) in [6.07, 6.45) is 1.48. The van der Waals surface area contributed by atoms with E-state index in [1.807, 2.05) is 25.1 Å². The van der Waals surface area contributed by atoms with Gasteiger partial charge >= 0.3 is 0 Å². The van der Waals surface area contributed by atoms with E-state index in [0.29, 0.717) is 31.3 Å². The van der Waals surface area contributed by atoms with Gasteiger partial charge in [-0.2, -0.15) is 0 Å². The van der Waals surface area contributed by atoms with Crippen LogP contribution in [0.15, 0.2) is 58.1 Å². The van der Waals surface area contributed by atoms with Crippen molar-refractivity contribution in [3.8, 4) is 0 Å². The van der Waals surface area contributed by atoms with Gasteiger partial charge in [-0.15, -0.1) is 0 Å². The van der Waals surface area contributed by atoms with Crippen LogP contribution in [0, 0.1) is 0 Å². The Hall–Kier alpha value is -2.76. The minimum absolute atomic E-state index is 0.216. The second-order valence-electron chi connectivity index (χ2n) is 5.69. The second kappa shape index (κ2) is 10.2. The van der Waals surface area contributed by atoms with Crippen molar-refractivity contribution in [3.63, 3.8) is 0 Å². The molecule has 1 unspecified atom stereocenters. The standard InChI is InChI=1S/C19H26N4O2/c1-3-20-19(23-14-15(2)16-8-5-4-6-9-16)22-12-11-21-18(24)17-10-7-13-25-17/h4-10,13,15H,3,11-12,14H2,1-2H3,(H,21,24)(H2,20,22,23). The number of hydrogen-bond acceptors (Lipinski definition) is 3. The highest BCUT2D eigenvalue weighted by Gasteiger charge is 2.07. The Labute approximate surface area is 148 Å². The molecule has 0 fully saturated rings. The molecule has 134 valence electrons. The molecule has 1 aromatic heterocycles. The third kappa shape index (κ3) is 6.33. The molecule has 0 aliphatic carbocycles. The summed E-state index contributed by atoms with van der Waals surface area (Å²) in [5.41, 5.74) is 1.27. The number of carbonyl (C=O) groups excluding carboxylic acids is 1. The molecule has 1 aromatic carbocycles. The predicted octanol–water partition coefficient (Wildman–Crippen LogP) is 2.37. The van der Waals surface area contributed by atoms with Gasteiger partial charge in [0.1, 0.15) is 0 Å². The fraction of sp³-hybridized carbons (Fsp3) is 0.368. The molecule has 0 bridgehead atoms. The maximum Gasteiger partial charge on any atom is 0.287 e. The highest BCUT2D eigenvalue weighted by molar-refractivity contribution is 5.91. The first-order valence-electron chi connectivity index (χ1n) is 8.59. The van der Waals surface area contributed by atoms with Crippen molar-refractivity contribution in [3.05, 3.63) is 60.1 Å². The molecule has 1 atom stereocenters. The molecule has 0 aliphatic heterocycles. The first-order valence-corrected chi connectivity index (χ1v) is 8.59. The van der Waals surface area contributed by atoms with Crippen LogP contribution in [0.5, 0.6) is 0 Å². The Kier molecular flexibility index (Phi) is 7.56. The van der Waals surface area contributed by atoms with Crippen molar-refractivity contribution in [1.82, 2.24) is 16.0 Å². The van der Waals surface area contributed by atoms with Crippen LogP contribution in [-0.4, -0.2) is 38.0 Å². The van der Waals surface area contributed by atoms with Gasteiger partial charge in [-0.25, -0.2) is 0 Å². The zero-order valence-electron chi connectivity index (χ0n) is 14.8. The quantitative estimate of drug-likeness (QED) is 0.391. The number of furan rings is 1. The zero-order chi connectivity index (χ0) is 17.9. The summed E-state index contributed by atoms with van der Waals surface area (Å²) in [4.78, 5) is 16.4. The summed E-state index contributed by atoms with van der Waals surface area (Å²) in [6.45, 7) is 6.72. The lowest BCUT2D eigenvalue weighted by atomic mass is 10.0. The number of rotatable bonds is 8. The van der Waals surface area contributed by atoms with Gasteiger partial charge in [-0.3, -0.25) is 9.79 Å². The van der Waals surface area contributed by atoms with Crippen LogP contribution < -0.4 is 16.0 Å². The van der Waals surface area contributed by atoms with Gasteiger partial charge in [-0.1, -0.05) is 37.3 Å². The lowest BCUT2D eigenvalue weighted by Gasteiger charge is -2.14. The summed E-state index contributed by atoms with van der Waals surface area (Å²) < 4.78 is 5.05. The SMILES string of the molecule is CCNC(=NCC(C)c1ccccc1)NCCNC(=O)c1ccco1. The molecule has 1 heterocycles. The number of carbonyl (C=O) groups is 1. The lowest BCUT2D eigenvalue weighted by molar-refractivity contribution is 0.0926. The van der Waals surface area contributed by atoms with Gasteiger partial charge in [0.2, 0.25) is 0 Å². The van der Waals surface area contributed by atoms with Crippen molar-refractivity contribution >= 4 is 11.9 Å². The predicted molar refractivity (Wildman–Crippen MR) is 99.9 cm³/mol. The van der Waals surface area contributed by atoms with Gasteiger partial charge in [-0.05, 0) is 24.6 Å². The van der Waals surface area contributed by atoms with E-state index in [4.69, 9.17) is 4.42 Å². The third-order valence-electron chi connectivity index (χ3n) is 3.68. The number of hydrogen-bond donors (Lipinski definition) is 3. The Bertz CT molecular complexity index is 653. The van der Waals surface area contributed by atoms with E-state index in [2.05, 4.69) is 40.0 Å². The Morgan fingerprint density at radius 2 is 1.84 bits per heavy atom. The third-order valence-corrected chi connectivity index (χ3v) is 3.68. The fourth-order valence-electron chi connectivity index (χ4n) is 2.31. The molecule has 0 radical (unpaired) electrons. The van der Waals surface area contributed by atoms with E-state index in [0.717, 1.165) is 12.5 Å². The molecule has 1 amide bonds. The van der Waals surface area contributed by atoms with E-state index in [9.17, 15) is 4.79 Å². The van der Waals surface area contributed by atoms with Crippen LogP contribution in [0.2, 0.25) is 0 Å². The number of nitrogens with one attached hydrogen (secondary N) is 3. The van der Waals surface area contributed by atoms with Crippen LogP contribution >= 0.6 is 0 Å². The van der Waals surface area contributed by atoms with Crippen LogP contribution in [0.1, 0.15) is 35.9 Å². The van der Waals surface area contributed by atoms with Crippen molar-refractivity contribution < 1.29 is 9.21 Å². The Morgan fingerprint density at radius 3 is 2.52 bits per heavy atom. The van der Waals surface area contributed by atoms with E-state index >= 15 is 0 Å². The van der Waals surface area contributed by atoms with E-state index in [1.165, 1.54) is 11.8 Å². The summed E-state index contributed by atoms with van der Waals surface area (Å²) in [5, 5.41) is 9.23. The minimum atomic E-state index is -0.216. The van der Waals surface area contributed by atoms with Gasteiger partial charge in [0.05, 0.1) is 6.26 Å². The summed E-state index contributed by atoms with van der Waals surface area (Å²) in [5.74, 6) is 1.19. The molecule has 6 nitrogen and oxygen atoms in total. The molecular weight excluding hydrogens is 316 g/mol. The number of nitrogens with zero attached hydrogens (tertiary/aromatic N) is 1. The van der Waals surface area contributed by atoms with Gasteiger partial charge in [0.25, 0.3) is 5.91 Å². The summed E-state index contributed by atoms with van der Waals surface area (Å²) in [6, 6.07) is 13.7. The Balaban J connectivity index is 1.76. The topological polar surface area (TPSA) is 78.7 Å². The summed E-state index contributed by atoms with van der Waals surface area (Å²) >= 11 is 0. The van der Waals surface area contributed by atoms with Crippen LogP contribution in [0.3, 0.4) is 0 Å². The monoisotopic (exact) mass is 342 g/mol. The maximum atomic E-state index is 11.8. The van der Waals surface area contributed by atoms with Crippen LogP contribution in [-0.2, 0) is 0 Å². The van der Waals surface area contributed by atoms with Crippen molar-refractivity contribution in [2.75, 3.05) is 26.2 Å². The van der Waals surface area contributed by atoms with Gasteiger partial charge in [0.15, 0.2) is 11.7 Å². The van der Waals surface area contributed by atoms with E-state index in [-0.39, 0.29) is 5.91 Å². The molecule has 0 spiro atoms. The van der Waals surface area contributed by atoms with Gasteiger partial charge < -0.3 is 20.4 Å². The normalized spacial score (nSPS) is 12.5. The number of aliphatic imine (C=N–C) groups is 1. The maximum absolute atomic E-state index is 11.8. The molecule has 0 saturated heterocycles. The smallest absolute Gasteiger partial charge is 0.287 e. The van der Waals surface area contributed by atoms with E-state index < -0.39 is 0 Å². The molecule has 2 aromatic rings. The highest BCUT2D eigenvalue weighted by atomic mass is 16.3. The molecule has 2 rings (SSSR count). The number of guanidine groups is 1. The Morgan fingerprint density at radius 1 is 1.08 bits per heavy atom. The zero-order valence-corrected chi connectivity index (χ0v) is 14.8. The molecule has 25 heavy (non-hydrogen) atoms. The molecule has 0 aliphatic rings. The van der Waals surface area contributed by atoms with Crippen LogP contribution in [0.4, 0.5) is 0 Å². The number of amides is 1. The van der Waals surface area contributed by atoms with Crippen LogP contribution in [0.25, 0.3) is 0 Å². The fourth-order valence-corrected chi connectivity index (χ4v) is 2.31. The molecule has 0 saturated carbocycles.